The van der Waals surface area contributed by atoms with Crippen molar-refractivity contribution in [3.05, 3.63) is 29.8 Å². The summed E-state index contributed by atoms with van der Waals surface area (Å²) >= 11 is 0. The molecule has 1 aliphatic carbocycles. The van der Waals surface area contributed by atoms with Gasteiger partial charge in [-0.15, -0.1) is 0 Å². The Hall–Kier alpha value is -2.08. The van der Waals surface area contributed by atoms with Gasteiger partial charge in [-0.2, -0.15) is 0 Å². The van der Waals surface area contributed by atoms with Gasteiger partial charge in [0.1, 0.15) is 12.4 Å². The Kier molecular flexibility index (Phi) is 5.77. The summed E-state index contributed by atoms with van der Waals surface area (Å²) in [5.41, 5.74) is 0.915. The van der Waals surface area contributed by atoms with Gasteiger partial charge in [0.2, 0.25) is 5.91 Å². The average molecular weight is 307 g/mol. The van der Waals surface area contributed by atoms with Gasteiger partial charge in [-0.3, -0.25) is 4.79 Å². The van der Waals surface area contributed by atoms with Crippen LogP contribution in [0, 0.1) is 5.92 Å². The van der Waals surface area contributed by atoms with E-state index in [0.29, 0.717) is 18.3 Å². The smallest absolute Gasteiger partial charge is 0.341 e. The first-order valence-electron chi connectivity index (χ1n) is 7.36. The highest BCUT2D eigenvalue weighted by molar-refractivity contribution is 5.77. The van der Waals surface area contributed by atoms with Crippen LogP contribution in [0.4, 0.5) is 0 Å². The maximum absolute atomic E-state index is 11.7. The second-order valence-electron chi connectivity index (χ2n) is 5.50. The average Bonchev–Trinajstić information content (AvgIpc) is 3.29. The van der Waals surface area contributed by atoms with Crippen LogP contribution in [0.3, 0.4) is 0 Å². The second kappa shape index (κ2) is 7.79. The van der Waals surface area contributed by atoms with E-state index in [0.717, 1.165) is 5.56 Å². The zero-order valence-electron chi connectivity index (χ0n) is 12.6. The minimum Gasteiger partial charge on any atom is -0.482 e. The quantitative estimate of drug-likeness (QED) is 0.726. The number of aliphatic carboxylic acids is 1. The zero-order valence-corrected chi connectivity index (χ0v) is 12.6. The van der Waals surface area contributed by atoms with Crippen LogP contribution in [0.2, 0.25) is 0 Å². The number of amides is 1. The molecule has 0 heterocycles. The van der Waals surface area contributed by atoms with Gasteiger partial charge in [-0.05, 0) is 43.4 Å². The van der Waals surface area contributed by atoms with Crippen molar-refractivity contribution in [2.24, 2.45) is 5.92 Å². The van der Waals surface area contributed by atoms with Crippen molar-refractivity contribution in [2.45, 2.75) is 25.8 Å². The molecule has 0 bridgehead atoms. The molecule has 6 heteroatoms. The lowest BCUT2D eigenvalue weighted by atomic mass is 10.1. The number of carboxylic acid groups (broad SMARTS) is 1. The van der Waals surface area contributed by atoms with Crippen molar-refractivity contribution in [1.82, 2.24) is 5.32 Å². The lowest BCUT2D eigenvalue weighted by Gasteiger charge is -2.15. The Morgan fingerprint density at radius 1 is 1.27 bits per heavy atom. The summed E-state index contributed by atoms with van der Waals surface area (Å²) in [6.45, 7) is 2.26. The number of rotatable bonds is 9. The summed E-state index contributed by atoms with van der Waals surface area (Å²) in [7, 11) is 0. The fraction of sp³-hybridized carbons (Fsp3) is 0.500. The number of ether oxygens (including phenoxy) is 2. The summed E-state index contributed by atoms with van der Waals surface area (Å²) in [6, 6.07) is 6.82. The van der Waals surface area contributed by atoms with Crippen molar-refractivity contribution in [3.8, 4) is 5.75 Å². The first-order valence-corrected chi connectivity index (χ1v) is 7.36. The van der Waals surface area contributed by atoms with Gasteiger partial charge in [-0.25, -0.2) is 4.79 Å². The first-order chi connectivity index (χ1) is 10.5. The molecule has 1 atom stereocenters. The van der Waals surface area contributed by atoms with Crippen LogP contribution in [-0.2, 0) is 14.3 Å². The summed E-state index contributed by atoms with van der Waals surface area (Å²) < 4.78 is 10.4. The molecule has 6 nitrogen and oxygen atoms in total. The molecular weight excluding hydrogens is 286 g/mol. The summed E-state index contributed by atoms with van der Waals surface area (Å²) in [5, 5.41) is 11.4. The van der Waals surface area contributed by atoms with E-state index in [9.17, 15) is 9.59 Å². The molecule has 0 saturated heterocycles. The van der Waals surface area contributed by atoms with Gasteiger partial charge in [0.05, 0.1) is 12.6 Å². The molecule has 1 aromatic carbocycles. The first kappa shape index (κ1) is 16.3. The van der Waals surface area contributed by atoms with E-state index in [2.05, 4.69) is 5.32 Å². The Morgan fingerprint density at radius 2 is 1.95 bits per heavy atom. The van der Waals surface area contributed by atoms with E-state index >= 15 is 0 Å². The highest BCUT2D eigenvalue weighted by atomic mass is 16.5. The van der Waals surface area contributed by atoms with Crippen LogP contribution >= 0.6 is 0 Å². The van der Waals surface area contributed by atoms with Gasteiger partial charge in [0.15, 0.2) is 6.61 Å². The third kappa shape index (κ3) is 5.73. The Morgan fingerprint density at radius 3 is 2.55 bits per heavy atom. The van der Waals surface area contributed by atoms with Gasteiger partial charge < -0.3 is 19.9 Å². The lowest BCUT2D eigenvalue weighted by Crippen LogP contribution is -2.30. The fourth-order valence-corrected chi connectivity index (χ4v) is 1.97. The van der Waals surface area contributed by atoms with Gasteiger partial charge in [0.25, 0.3) is 0 Å². The number of nitrogens with one attached hydrogen (secondary N) is 1. The highest BCUT2D eigenvalue weighted by Crippen LogP contribution is 2.28. The van der Waals surface area contributed by atoms with Crippen LogP contribution < -0.4 is 10.1 Å². The van der Waals surface area contributed by atoms with Gasteiger partial charge >= 0.3 is 5.97 Å². The third-order valence-corrected chi connectivity index (χ3v) is 3.40. The van der Waals surface area contributed by atoms with E-state index in [4.69, 9.17) is 14.6 Å². The number of hydrogen-bond acceptors (Lipinski definition) is 4. The predicted molar refractivity (Wildman–Crippen MR) is 79.7 cm³/mol. The SMILES string of the molecule is CC(NC(=O)COCC1CC1)c1ccc(OCC(=O)O)cc1. The molecule has 1 aromatic rings. The Labute approximate surface area is 129 Å². The highest BCUT2D eigenvalue weighted by Gasteiger charge is 2.21. The third-order valence-electron chi connectivity index (χ3n) is 3.40. The molecule has 22 heavy (non-hydrogen) atoms. The molecule has 1 aliphatic rings. The van der Waals surface area contributed by atoms with Gasteiger partial charge in [0, 0.05) is 0 Å². The van der Waals surface area contributed by atoms with Crippen LogP contribution in [0.25, 0.3) is 0 Å². The topological polar surface area (TPSA) is 84.9 Å². The normalized spacial score (nSPS) is 15.1. The number of carbonyl (C=O) groups is 2. The van der Waals surface area contributed by atoms with Crippen molar-refractivity contribution in [3.63, 3.8) is 0 Å². The van der Waals surface area contributed by atoms with E-state index in [1.807, 2.05) is 6.92 Å². The molecule has 120 valence electrons. The van der Waals surface area contributed by atoms with E-state index in [-0.39, 0.29) is 25.2 Å². The van der Waals surface area contributed by atoms with E-state index in [1.54, 1.807) is 24.3 Å². The maximum Gasteiger partial charge on any atom is 0.341 e. The van der Waals surface area contributed by atoms with Crippen molar-refractivity contribution < 1.29 is 24.2 Å². The molecule has 2 rings (SSSR count). The van der Waals surface area contributed by atoms with Crippen molar-refractivity contribution in [2.75, 3.05) is 19.8 Å². The largest absolute Gasteiger partial charge is 0.482 e. The fourth-order valence-electron chi connectivity index (χ4n) is 1.97. The molecule has 0 aliphatic heterocycles. The monoisotopic (exact) mass is 307 g/mol. The molecule has 2 N–H and O–H groups in total. The molecular formula is C16H21NO5. The Bertz CT molecular complexity index is 510. The van der Waals surface area contributed by atoms with Crippen LogP contribution in [0.1, 0.15) is 31.4 Å². The van der Waals surface area contributed by atoms with E-state index < -0.39 is 5.97 Å². The lowest BCUT2D eigenvalue weighted by molar-refractivity contribution is -0.139. The number of hydrogen-bond donors (Lipinski definition) is 2. The molecule has 0 radical (unpaired) electrons. The van der Waals surface area contributed by atoms with Crippen LogP contribution in [0.5, 0.6) is 5.75 Å². The molecule has 0 aromatic heterocycles. The zero-order chi connectivity index (χ0) is 15.9. The molecule has 0 spiro atoms. The minimum absolute atomic E-state index is 0.0840. The minimum atomic E-state index is -1.02. The standard InChI is InChI=1S/C16H21NO5/c1-11(17-15(18)9-21-8-12-2-3-12)13-4-6-14(7-5-13)22-10-16(19)20/h4-7,11-12H,2-3,8-10H2,1H3,(H,17,18)(H,19,20). The van der Waals surface area contributed by atoms with E-state index in [1.165, 1.54) is 12.8 Å². The maximum atomic E-state index is 11.7. The van der Waals surface area contributed by atoms with Gasteiger partial charge in [-0.1, -0.05) is 12.1 Å². The number of carboxylic acids is 1. The van der Waals surface area contributed by atoms with Crippen LogP contribution in [0.15, 0.2) is 24.3 Å². The molecule has 1 saturated carbocycles. The molecule has 1 unspecified atom stereocenters. The second-order valence-corrected chi connectivity index (χ2v) is 5.50. The van der Waals surface area contributed by atoms with Crippen LogP contribution in [-0.4, -0.2) is 36.8 Å². The molecule has 1 fully saturated rings. The molecule has 1 amide bonds. The Balaban J connectivity index is 1.74. The van der Waals surface area contributed by atoms with Crippen molar-refractivity contribution in [1.29, 1.82) is 0 Å². The number of benzene rings is 1. The predicted octanol–water partition coefficient (Wildman–Crippen LogP) is 1.75. The summed E-state index contributed by atoms with van der Waals surface area (Å²) in [4.78, 5) is 22.2. The van der Waals surface area contributed by atoms with Crippen molar-refractivity contribution >= 4 is 11.9 Å². The summed E-state index contributed by atoms with van der Waals surface area (Å²) in [6.07, 6.45) is 2.41. The number of carbonyl (C=O) groups excluding carboxylic acids is 1. The summed E-state index contributed by atoms with van der Waals surface area (Å²) in [5.74, 6) is -0.0312.